The van der Waals surface area contributed by atoms with Crippen LogP contribution in [0.15, 0.2) is 91.3 Å². The van der Waals surface area contributed by atoms with E-state index in [2.05, 4.69) is 91.1 Å². The number of hydrogen-bond donors (Lipinski definition) is 3. The summed E-state index contributed by atoms with van der Waals surface area (Å²) in [6.45, 7) is 15.0. The van der Waals surface area contributed by atoms with Gasteiger partial charge < -0.3 is 16.0 Å². The van der Waals surface area contributed by atoms with Crippen LogP contribution in [0, 0.1) is 0 Å². The topological polar surface area (TPSA) is 36.1 Å². The van der Waals surface area contributed by atoms with Crippen molar-refractivity contribution in [3.05, 3.63) is 102 Å². The van der Waals surface area contributed by atoms with Crippen molar-refractivity contribution in [1.29, 1.82) is 0 Å². The third-order valence-electron chi connectivity index (χ3n) is 4.70. The summed E-state index contributed by atoms with van der Waals surface area (Å²) in [6, 6.07) is 19.1. The molecule has 2 aromatic rings. The number of allylic oxidation sites excluding steroid dienone is 1. The molecule has 148 valence electrons. The molecule has 0 amide bonds. The first-order valence-corrected chi connectivity index (χ1v) is 9.80. The average Bonchev–Trinajstić information content (AvgIpc) is 2.70. The Bertz CT molecular complexity index is 775. The van der Waals surface area contributed by atoms with Crippen molar-refractivity contribution in [3.63, 3.8) is 0 Å². The molecule has 1 unspecified atom stereocenters. The second kappa shape index (κ2) is 11.2. The molecule has 3 nitrogen and oxygen atoms in total. The molecule has 0 spiro atoms. The zero-order valence-corrected chi connectivity index (χ0v) is 17.2. The zero-order valence-electron chi connectivity index (χ0n) is 17.2. The Balaban J connectivity index is 1.79. The van der Waals surface area contributed by atoms with E-state index >= 15 is 0 Å². The van der Waals surface area contributed by atoms with Gasteiger partial charge in [0.15, 0.2) is 0 Å². The molecule has 28 heavy (non-hydrogen) atoms. The van der Waals surface area contributed by atoms with Gasteiger partial charge in [-0.3, -0.25) is 0 Å². The monoisotopic (exact) mass is 375 g/mol. The van der Waals surface area contributed by atoms with E-state index in [1.165, 1.54) is 16.7 Å². The predicted molar refractivity (Wildman–Crippen MR) is 122 cm³/mol. The lowest BCUT2D eigenvalue weighted by Crippen LogP contribution is -2.36. The van der Waals surface area contributed by atoms with Gasteiger partial charge in [-0.25, -0.2) is 0 Å². The predicted octanol–water partition coefficient (Wildman–Crippen LogP) is 5.05. The van der Waals surface area contributed by atoms with Crippen LogP contribution in [-0.4, -0.2) is 19.6 Å². The minimum Gasteiger partial charge on any atom is -0.382 e. The van der Waals surface area contributed by atoms with E-state index in [0.29, 0.717) is 6.54 Å². The molecule has 0 aliphatic rings. The lowest BCUT2D eigenvalue weighted by Gasteiger charge is -2.21. The lowest BCUT2D eigenvalue weighted by molar-refractivity contribution is 0.592. The molecular formula is C25H33N3. The molecule has 2 rings (SSSR count). The number of aryl methyl sites for hydroxylation is 1. The summed E-state index contributed by atoms with van der Waals surface area (Å²) in [4.78, 5) is 0. The highest BCUT2D eigenvalue weighted by Gasteiger charge is 2.11. The first-order valence-electron chi connectivity index (χ1n) is 9.80. The van der Waals surface area contributed by atoms with Crippen molar-refractivity contribution in [1.82, 2.24) is 10.6 Å². The SMILES string of the molecule is C=C(C)CCc1ccc(NC(=C)CNC(=C)C(Cc2ccccc2)NC)cc1. The highest BCUT2D eigenvalue weighted by Crippen LogP contribution is 2.14. The van der Waals surface area contributed by atoms with Crippen molar-refractivity contribution in [2.45, 2.75) is 32.2 Å². The summed E-state index contributed by atoms with van der Waals surface area (Å²) in [5, 5.41) is 10.1. The number of nitrogens with one attached hydrogen (secondary N) is 3. The van der Waals surface area contributed by atoms with Crippen LogP contribution in [0.4, 0.5) is 5.69 Å². The Hall–Kier alpha value is -2.78. The fourth-order valence-corrected chi connectivity index (χ4v) is 2.95. The third-order valence-corrected chi connectivity index (χ3v) is 4.70. The van der Waals surface area contributed by atoms with Crippen molar-refractivity contribution in [2.75, 3.05) is 18.9 Å². The van der Waals surface area contributed by atoms with Crippen LogP contribution in [-0.2, 0) is 12.8 Å². The molecule has 1 atom stereocenters. The Kier molecular flexibility index (Phi) is 8.57. The van der Waals surface area contributed by atoms with Crippen LogP contribution in [0.25, 0.3) is 0 Å². The normalized spacial score (nSPS) is 11.5. The Morgan fingerprint density at radius 1 is 0.929 bits per heavy atom. The third kappa shape index (κ3) is 7.45. The summed E-state index contributed by atoms with van der Waals surface area (Å²) in [5.41, 5.74) is 6.74. The number of hydrogen-bond acceptors (Lipinski definition) is 3. The summed E-state index contributed by atoms with van der Waals surface area (Å²) < 4.78 is 0. The molecule has 0 saturated heterocycles. The molecular weight excluding hydrogens is 342 g/mol. The van der Waals surface area contributed by atoms with Gasteiger partial charge >= 0.3 is 0 Å². The van der Waals surface area contributed by atoms with Crippen LogP contribution in [0.3, 0.4) is 0 Å². The molecule has 0 radical (unpaired) electrons. The van der Waals surface area contributed by atoms with E-state index in [4.69, 9.17) is 0 Å². The first-order chi connectivity index (χ1) is 13.5. The van der Waals surface area contributed by atoms with Crippen molar-refractivity contribution in [2.24, 2.45) is 0 Å². The number of rotatable bonds is 12. The van der Waals surface area contributed by atoms with Gasteiger partial charge in [0.25, 0.3) is 0 Å². The maximum Gasteiger partial charge on any atom is 0.0542 e. The van der Waals surface area contributed by atoms with Crippen molar-refractivity contribution in [3.8, 4) is 0 Å². The van der Waals surface area contributed by atoms with Crippen LogP contribution < -0.4 is 16.0 Å². The molecule has 0 saturated carbocycles. The fourth-order valence-electron chi connectivity index (χ4n) is 2.95. The number of likely N-dealkylation sites (N-methyl/N-ethyl adjacent to an activating group) is 1. The summed E-state index contributed by atoms with van der Waals surface area (Å²) >= 11 is 0. The van der Waals surface area contributed by atoms with Crippen LogP contribution in [0.5, 0.6) is 0 Å². The fraction of sp³-hybridized carbons (Fsp3) is 0.280. The van der Waals surface area contributed by atoms with Gasteiger partial charge in [-0.2, -0.15) is 0 Å². The average molecular weight is 376 g/mol. The number of anilines is 1. The van der Waals surface area contributed by atoms with E-state index in [9.17, 15) is 0 Å². The highest BCUT2D eigenvalue weighted by molar-refractivity contribution is 5.49. The van der Waals surface area contributed by atoms with Crippen molar-refractivity contribution >= 4 is 5.69 Å². The minimum absolute atomic E-state index is 0.169. The molecule has 0 fully saturated rings. The maximum atomic E-state index is 4.20. The van der Waals surface area contributed by atoms with E-state index < -0.39 is 0 Å². The molecule has 3 heteroatoms. The van der Waals surface area contributed by atoms with Crippen LogP contribution >= 0.6 is 0 Å². The van der Waals surface area contributed by atoms with Gasteiger partial charge in [0.2, 0.25) is 0 Å². The van der Waals surface area contributed by atoms with Gasteiger partial charge in [0.1, 0.15) is 0 Å². The summed E-state index contributed by atoms with van der Waals surface area (Å²) in [7, 11) is 1.96. The largest absolute Gasteiger partial charge is 0.382 e. The molecule has 0 aliphatic carbocycles. The maximum absolute atomic E-state index is 4.20. The molecule has 0 heterocycles. The van der Waals surface area contributed by atoms with E-state index in [1.807, 2.05) is 13.1 Å². The molecule has 0 aliphatic heterocycles. The quantitative estimate of drug-likeness (QED) is 0.454. The Morgan fingerprint density at radius 3 is 2.21 bits per heavy atom. The Labute approximate surface area is 170 Å². The van der Waals surface area contributed by atoms with E-state index in [1.54, 1.807) is 0 Å². The van der Waals surface area contributed by atoms with E-state index in [-0.39, 0.29) is 6.04 Å². The van der Waals surface area contributed by atoms with Gasteiger partial charge in [0, 0.05) is 17.1 Å². The minimum atomic E-state index is 0.169. The van der Waals surface area contributed by atoms with Gasteiger partial charge in [0.05, 0.1) is 12.6 Å². The van der Waals surface area contributed by atoms with Gasteiger partial charge in [-0.15, -0.1) is 6.58 Å². The molecule has 0 bridgehead atoms. The van der Waals surface area contributed by atoms with Crippen LogP contribution in [0.2, 0.25) is 0 Å². The van der Waals surface area contributed by atoms with Gasteiger partial charge in [-0.05, 0) is 56.5 Å². The second-order valence-corrected chi connectivity index (χ2v) is 7.29. The van der Waals surface area contributed by atoms with Crippen LogP contribution in [0.1, 0.15) is 24.5 Å². The molecule has 2 aromatic carbocycles. The smallest absolute Gasteiger partial charge is 0.0542 e. The highest BCUT2D eigenvalue weighted by atomic mass is 15.0. The lowest BCUT2D eigenvalue weighted by atomic mass is 10.0. The number of benzene rings is 2. The van der Waals surface area contributed by atoms with Crippen molar-refractivity contribution < 1.29 is 0 Å². The zero-order chi connectivity index (χ0) is 20.4. The summed E-state index contributed by atoms with van der Waals surface area (Å²) in [5.74, 6) is 0. The van der Waals surface area contributed by atoms with E-state index in [0.717, 1.165) is 36.3 Å². The first kappa shape index (κ1) is 21.5. The molecule has 3 N–H and O–H groups in total. The second-order valence-electron chi connectivity index (χ2n) is 7.29. The van der Waals surface area contributed by atoms with Gasteiger partial charge in [-0.1, -0.05) is 61.2 Å². The standard InChI is InChI=1S/C25H33N3/c1-19(2)11-12-22-13-15-24(16-14-22)28-20(3)18-27-21(4)25(26-5)17-23-9-7-6-8-10-23/h6-10,13-16,25-28H,1,3-4,11-12,17-18H2,2,5H3. The Morgan fingerprint density at radius 2 is 1.61 bits per heavy atom. The summed E-state index contributed by atoms with van der Waals surface area (Å²) in [6.07, 6.45) is 2.96. The molecule has 0 aromatic heterocycles.